The van der Waals surface area contributed by atoms with Gasteiger partial charge in [0.25, 0.3) is 0 Å². The summed E-state index contributed by atoms with van der Waals surface area (Å²) in [5.41, 5.74) is 7.83. The number of benzene rings is 1. The van der Waals surface area contributed by atoms with Gasteiger partial charge in [-0.2, -0.15) is 0 Å². The number of aromatic amines is 1. The molecule has 37 heavy (non-hydrogen) atoms. The van der Waals surface area contributed by atoms with Gasteiger partial charge in [0.15, 0.2) is 0 Å². The highest BCUT2D eigenvalue weighted by Crippen LogP contribution is 2.27. The van der Waals surface area contributed by atoms with E-state index in [1.165, 1.54) is 16.2 Å². The number of aromatic nitrogens is 3. The molecule has 0 spiro atoms. The zero-order valence-electron chi connectivity index (χ0n) is 20.6. The van der Waals surface area contributed by atoms with Crippen molar-refractivity contribution in [3.05, 3.63) is 69.8 Å². The Kier molecular flexibility index (Phi) is 8.14. The van der Waals surface area contributed by atoms with Gasteiger partial charge in [-0.1, -0.05) is 6.07 Å². The number of imidazole rings is 1. The number of aryl methyl sites for hydroxylation is 3. The molecule has 0 atom stereocenters. The van der Waals surface area contributed by atoms with Crippen molar-refractivity contribution in [3.63, 3.8) is 0 Å². The molecule has 11 heteroatoms. The van der Waals surface area contributed by atoms with Crippen molar-refractivity contribution in [3.8, 4) is 5.75 Å². The van der Waals surface area contributed by atoms with Gasteiger partial charge in [-0.15, -0.1) is 11.3 Å². The van der Waals surface area contributed by atoms with Gasteiger partial charge < -0.3 is 20.2 Å². The van der Waals surface area contributed by atoms with Crippen LogP contribution < -0.4 is 15.4 Å². The number of fused-ring (bicyclic) bond motifs is 1. The van der Waals surface area contributed by atoms with Gasteiger partial charge in [-0.25, -0.2) is 14.8 Å². The van der Waals surface area contributed by atoms with Crippen LogP contribution in [0.15, 0.2) is 48.7 Å². The molecule has 0 fully saturated rings. The molecule has 1 amide bonds. The molecule has 4 rings (SSSR count). The second-order valence-corrected chi connectivity index (χ2v) is 9.38. The van der Waals surface area contributed by atoms with E-state index in [2.05, 4.69) is 9.97 Å². The van der Waals surface area contributed by atoms with Crippen molar-refractivity contribution in [1.82, 2.24) is 15.0 Å². The zero-order valence-corrected chi connectivity index (χ0v) is 21.4. The molecule has 4 N–H and O–H groups in total. The first kappa shape index (κ1) is 25.8. The molecule has 3 aromatic heterocycles. The number of anilines is 1. The quantitative estimate of drug-likeness (QED) is 0.160. The third-order valence-electron chi connectivity index (χ3n) is 5.63. The summed E-state index contributed by atoms with van der Waals surface area (Å²) in [6, 6.07) is 12.5. The minimum Gasteiger partial charge on any atom is -0.466 e. The molecular formula is C26H28N6O4S. The topological polar surface area (TPSA) is 147 Å². The maximum absolute atomic E-state index is 13.1. The predicted molar refractivity (Wildman–Crippen MR) is 142 cm³/mol. The van der Waals surface area contributed by atoms with Crippen LogP contribution in [0.5, 0.6) is 5.75 Å². The third kappa shape index (κ3) is 6.31. The third-order valence-corrected chi connectivity index (χ3v) is 6.81. The Morgan fingerprint density at radius 1 is 1.16 bits per heavy atom. The maximum Gasteiger partial charge on any atom is 0.420 e. The van der Waals surface area contributed by atoms with E-state index < -0.39 is 12.1 Å². The number of H-pyrrole nitrogens is 1. The van der Waals surface area contributed by atoms with E-state index in [0.29, 0.717) is 23.5 Å². The van der Waals surface area contributed by atoms with Crippen LogP contribution in [0.4, 0.5) is 10.6 Å². The first-order valence-corrected chi connectivity index (χ1v) is 12.6. The first-order valence-electron chi connectivity index (χ1n) is 11.8. The molecule has 0 aliphatic carbocycles. The van der Waals surface area contributed by atoms with Gasteiger partial charge in [0.2, 0.25) is 0 Å². The summed E-state index contributed by atoms with van der Waals surface area (Å²) < 4.78 is 10.7. The summed E-state index contributed by atoms with van der Waals surface area (Å²) in [7, 11) is 0. The molecule has 0 unspecified atom stereocenters. The van der Waals surface area contributed by atoms with E-state index in [0.717, 1.165) is 33.1 Å². The summed E-state index contributed by atoms with van der Waals surface area (Å²) in [6.45, 7) is 3.91. The number of nitrogens with two attached hydrogens (primary N) is 1. The van der Waals surface area contributed by atoms with Crippen molar-refractivity contribution in [2.75, 3.05) is 18.1 Å². The van der Waals surface area contributed by atoms with Gasteiger partial charge in [0, 0.05) is 29.6 Å². The van der Waals surface area contributed by atoms with Gasteiger partial charge in [-0.3, -0.25) is 15.1 Å². The zero-order chi connectivity index (χ0) is 26.4. The Labute approximate surface area is 218 Å². The lowest BCUT2D eigenvalue weighted by atomic mass is 10.2. The SMILES string of the molecule is CCOC(=O)CCN(C(=O)Oc1ccc2[nH]c(CCc3ccc(C(=N)N)s3)nc2c1C)c1ccccn1. The highest BCUT2D eigenvalue weighted by molar-refractivity contribution is 7.14. The average Bonchev–Trinajstić information content (AvgIpc) is 3.53. The van der Waals surface area contributed by atoms with Crippen LogP contribution in [0.25, 0.3) is 11.0 Å². The van der Waals surface area contributed by atoms with E-state index in [1.54, 1.807) is 37.4 Å². The number of esters is 1. The normalized spacial score (nSPS) is 10.9. The van der Waals surface area contributed by atoms with Crippen molar-refractivity contribution in [2.45, 2.75) is 33.1 Å². The van der Waals surface area contributed by atoms with Crippen LogP contribution in [0, 0.1) is 12.3 Å². The van der Waals surface area contributed by atoms with E-state index in [4.69, 9.17) is 25.6 Å². The number of hydrogen-bond donors (Lipinski definition) is 3. The van der Waals surface area contributed by atoms with Crippen molar-refractivity contribution < 1.29 is 19.1 Å². The number of nitrogens with one attached hydrogen (secondary N) is 2. The molecule has 192 valence electrons. The smallest absolute Gasteiger partial charge is 0.420 e. The highest BCUT2D eigenvalue weighted by atomic mass is 32.1. The molecular weight excluding hydrogens is 492 g/mol. The van der Waals surface area contributed by atoms with Crippen LogP contribution in [-0.2, 0) is 22.4 Å². The number of amidine groups is 1. The second-order valence-electron chi connectivity index (χ2n) is 8.21. The lowest BCUT2D eigenvalue weighted by Crippen LogP contribution is -2.36. The van der Waals surface area contributed by atoms with E-state index in [-0.39, 0.29) is 25.4 Å². The summed E-state index contributed by atoms with van der Waals surface area (Å²) in [5.74, 6) is 1.22. The minimum atomic E-state index is -0.653. The number of nitrogen functional groups attached to an aromatic ring is 1. The number of pyridine rings is 1. The number of ether oxygens (including phenoxy) is 2. The Balaban J connectivity index is 1.49. The van der Waals surface area contributed by atoms with Crippen molar-refractivity contribution in [1.29, 1.82) is 5.41 Å². The first-order chi connectivity index (χ1) is 17.9. The number of hydrogen-bond acceptors (Lipinski definition) is 8. The van der Waals surface area contributed by atoms with Crippen molar-refractivity contribution in [2.24, 2.45) is 5.73 Å². The number of carbonyl (C=O) groups is 2. The number of thiophene rings is 1. The molecule has 0 radical (unpaired) electrons. The van der Waals surface area contributed by atoms with E-state index in [1.807, 2.05) is 25.1 Å². The lowest BCUT2D eigenvalue weighted by molar-refractivity contribution is -0.142. The summed E-state index contributed by atoms with van der Waals surface area (Å²) in [4.78, 5) is 40.5. The fraction of sp³-hybridized carbons (Fsp3) is 0.269. The molecule has 0 saturated carbocycles. The Bertz CT molecular complexity index is 1420. The largest absolute Gasteiger partial charge is 0.466 e. The fourth-order valence-corrected chi connectivity index (χ4v) is 4.64. The molecule has 3 heterocycles. The number of carbonyl (C=O) groups excluding carboxylic acids is 2. The van der Waals surface area contributed by atoms with Crippen LogP contribution >= 0.6 is 11.3 Å². The van der Waals surface area contributed by atoms with Crippen LogP contribution in [0.3, 0.4) is 0 Å². The molecule has 1 aromatic carbocycles. The van der Waals surface area contributed by atoms with Gasteiger partial charge >= 0.3 is 12.1 Å². The Morgan fingerprint density at radius 3 is 2.70 bits per heavy atom. The minimum absolute atomic E-state index is 0.0123. The molecule has 10 nitrogen and oxygen atoms in total. The number of amides is 1. The second kappa shape index (κ2) is 11.7. The van der Waals surface area contributed by atoms with Crippen molar-refractivity contribution >= 4 is 46.1 Å². The molecule has 0 aliphatic rings. The van der Waals surface area contributed by atoms with Crippen LogP contribution in [-0.4, -0.2) is 46.0 Å². The summed E-state index contributed by atoms with van der Waals surface area (Å²) >= 11 is 1.50. The molecule has 0 aliphatic heterocycles. The van der Waals surface area contributed by atoms with E-state index in [9.17, 15) is 9.59 Å². The van der Waals surface area contributed by atoms with Gasteiger partial charge in [0.1, 0.15) is 23.2 Å². The highest BCUT2D eigenvalue weighted by Gasteiger charge is 2.22. The van der Waals surface area contributed by atoms with E-state index >= 15 is 0 Å². The predicted octanol–water partition coefficient (Wildman–Crippen LogP) is 4.36. The number of rotatable bonds is 10. The average molecular weight is 521 g/mol. The molecule has 4 aromatic rings. The van der Waals surface area contributed by atoms with Crippen LogP contribution in [0.2, 0.25) is 0 Å². The summed E-state index contributed by atoms with van der Waals surface area (Å²) in [6.07, 6.45) is 2.37. The Morgan fingerprint density at radius 2 is 2.00 bits per heavy atom. The maximum atomic E-state index is 13.1. The molecule has 0 saturated heterocycles. The van der Waals surface area contributed by atoms with Gasteiger partial charge in [0.05, 0.1) is 28.9 Å². The molecule has 0 bridgehead atoms. The number of nitrogens with zero attached hydrogens (tertiary/aromatic N) is 3. The standard InChI is InChI=1S/C26H28N6O4S/c1-3-35-23(33)13-15-32(22-6-4-5-14-29-22)26(34)36-19-10-9-18-24(16(19)2)31-21(30-18)12-8-17-7-11-20(37-17)25(27)28/h4-7,9-11,14H,3,8,12-13,15H2,1-2H3,(H3,27,28)(H,30,31). The Hall–Kier alpha value is -4.25. The van der Waals surface area contributed by atoms with Crippen LogP contribution in [0.1, 0.15) is 34.5 Å². The monoisotopic (exact) mass is 520 g/mol. The lowest BCUT2D eigenvalue weighted by Gasteiger charge is -2.21. The summed E-state index contributed by atoms with van der Waals surface area (Å²) in [5, 5.41) is 7.55. The fourth-order valence-electron chi connectivity index (χ4n) is 3.77. The van der Waals surface area contributed by atoms with Gasteiger partial charge in [-0.05, 0) is 56.7 Å².